The van der Waals surface area contributed by atoms with Gasteiger partial charge in [-0.1, -0.05) is 6.07 Å². The second-order valence-corrected chi connectivity index (χ2v) is 5.90. The van der Waals surface area contributed by atoms with Crippen molar-refractivity contribution in [2.75, 3.05) is 26.1 Å². The van der Waals surface area contributed by atoms with Crippen LogP contribution in [0, 0.1) is 0 Å². The Balaban J connectivity index is 1.50. The van der Waals surface area contributed by atoms with Crippen molar-refractivity contribution < 1.29 is 14.3 Å². The van der Waals surface area contributed by atoms with Crippen LogP contribution in [-0.2, 0) is 6.42 Å². The van der Waals surface area contributed by atoms with Crippen LogP contribution in [-0.4, -0.2) is 42.7 Å². The van der Waals surface area contributed by atoms with Crippen LogP contribution >= 0.6 is 0 Å². The van der Waals surface area contributed by atoms with E-state index in [1.165, 1.54) is 6.20 Å². The van der Waals surface area contributed by atoms with Gasteiger partial charge in [0, 0.05) is 12.6 Å². The van der Waals surface area contributed by atoms with Crippen LogP contribution in [0.15, 0.2) is 30.6 Å². The van der Waals surface area contributed by atoms with Crippen molar-refractivity contribution in [1.29, 1.82) is 0 Å². The first-order valence-electron chi connectivity index (χ1n) is 8.27. The van der Waals surface area contributed by atoms with Gasteiger partial charge in [-0.05, 0) is 37.0 Å². The van der Waals surface area contributed by atoms with E-state index in [0.29, 0.717) is 35.6 Å². The number of ether oxygens (including phenoxy) is 2. The zero-order valence-electron chi connectivity index (χ0n) is 14.4. The number of aromatic nitrogens is 2. The molecule has 1 saturated carbocycles. The van der Waals surface area contributed by atoms with Gasteiger partial charge in [-0.25, -0.2) is 9.97 Å². The fourth-order valence-electron chi connectivity index (χ4n) is 2.39. The molecule has 2 aromatic rings. The van der Waals surface area contributed by atoms with Gasteiger partial charge in [0.1, 0.15) is 11.5 Å². The molecule has 1 aliphatic rings. The number of hydrogen-bond donors (Lipinski definition) is 2. The standard InChI is InChI=1S/C18H22N4O3/c1-24-15-6-3-12(9-16(15)25-2)7-8-19-17-11-20-14(10-21-17)18(23)22-13-4-5-13/h3,6,9-11,13H,4-5,7-8H2,1-2H3,(H,19,21)(H,22,23). The average Bonchev–Trinajstić information content (AvgIpc) is 3.46. The molecule has 0 atom stereocenters. The normalized spacial score (nSPS) is 13.2. The van der Waals surface area contributed by atoms with E-state index in [1.807, 2.05) is 18.2 Å². The zero-order valence-corrected chi connectivity index (χ0v) is 14.4. The number of carbonyl (C=O) groups is 1. The number of rotatable bonds is 8. The summed E-state index contributed by atoms with van der Waals surface area (Å²) < 4.78 is 10.5. The molecule has 0 radical (unpaired) electrons. The number of anilines is 1. The van der Waals surface area contributed by atoms with Crippen LogP contribution in [0.1, 0.15) is 28.9 Å². The molecule has 0 aliphatic heterocycles. The first-order valence-corrected chi connectivity index (χ1v) is 8.27. The number of amides is 1. The summed E-state index contributed by atoms with van der Waals surface area (Å²) in [4.78, 5) is 20.3. The number of carbonyl (C=O) groups excluding carboxylic acids is 1. The zero-order chi connectivity index (χ0) is 17.6. The lowest BCUT2D eigenvalue weighted by molar-refractivity contribution is 0.0945. The van der Waals surface area contributed by atoms with Gasteiger partial charge < -0.3 is 20.1 Å². The molecular formula is C18H22N4O3. The Morgan fingerprint density at radius 2 is 1.96 bits per heavy atom. The largest absolute Gasteiger partial charge is 0.493 e. The fraction of sp³-hybridized carbons (Fsp3) is 0.389. The lowest BCUT2D eigenvalue weighted by atomic mass is 10.1. The van der Waals surface area contributed by atoms with Crippen molar-refractivity contribution in [2.45, 2.75) is 25.3 Å². The molecule has 1 amide bonds. The summed E-state index contributed by atoms with van der Waals surface area (Å²) in [5.74, 6) is 1.91. The van der Waals surface area contributed by atoms with Gasteiger partial charge in [-0.2, -0.15) is 0 Å². The van der Waals surface area contributed by atoms with Gasteiger partial charge in [-0.15, -0.1) is 0 Å². The molecule has 0 saturated heterocycles. The lowest BCUT2D eigenvalue weighted by Gasteiger charge is -2.10. The van der Waals surface area contributed by atoms with E-state index in [-0.39, 0.29) is 5.91 Å². The summed E-state index contributed by atoms with van der Waals surface area (Å²) in [6.45, 7) is 0.692. The van der Waals surface area contributed by atoms with Crippen LogP contribution in [0.2, 0.25) is 0 Å². The Morgan fingerprint density at radius 1 is 1.16 bits per heavy atom. The lowest BCUT2D eigenvalue weighted by Crippen LogP contribution is -2.26. The molecule has 132 valence electrons. The van der Waals surface area contributed by atoms with E-state index in [9.17, 15) is 4.79 Å². The maximum Gasteiger partial charge on any atom is 0.271 e. The highest BCUT2D eigenvalue weighted by Crippen LogP contribution is 2.27. The number of methoxy groups -OCH3 is 2. The highest BCUT2D eigenvalue weighted by molar-refractivity contribution is 5.92. The maximum atomic E-state index is 11.9. The fourth-order valence-corrected chi connectivity index (χ4v) is 2.39. The van der Waals surface area contributed by atoms with Gasteiger partial charge >= 0.3 is 0 Å². The Morgan fingerprint density at radius 3 is 2.60 bits per heavy atom. The van der Waals surface area contributed by atoms with Crippen LogP contribution < -0.4 is 20.1 Å². The molecule has 2 N–H and O–H groups in total. The molecule has 0 spiro atoms. The first kappa shape index (κ1) is 17.0. The van der Waals surface area contributed by atoms with E-state index in [1.54, 1.807) is 20.4 Å². The average molecular weight is 342 g/mol. The molecule has 0 bridgehead atoms. The third-order valence-electron chi connectivity index (χ3n) is 3.96. The van der Waals surface area contributed by atoms with Crippen molar-refractivity contribution in [3.05, 3.63) is 41.9 Å². The highest BCUT2D eigenvalue weighted by Gasteiger charge is 2.24. The van der Waals surface area contributed by atoms with Crippen LogP contribution in [0.25, 0.3) is 0 Å². The van der Waals surface area contributed by atoms with E-state index in [0.717, 1.165) is 24.8 Å². The van der Waals surface area contributed by atoms with E-state index in [2.05, 4.69) is 20.6 Å². The summed E-state index contributed by atoms with van der Waals surface area (Å²) in [5, 5.41) is 6.09. The molecule has 25 heavy (non-hydrogen) atoms. The Hall–Kier alpha value is -2.83. The summed E-state index contributed by atoms with van der Waals surface area (Å²) in [6.07, 6.45) is 5.97. The molecule has 3 rings (SSSR count). The van der Waals surface area contributed by atoms with Crippen LogP contribution in [0.5, 0.6) is 11.5 Å². The minimum absolute atomic E-state index is 0.160. The Labute approximate surface area is 146 Å². The van der Waals surface area contributed by atoms with Crippen LogP contribution in [0.4, 0.5) is 5.82 Å². The van der Waals surface area contributed by atoms with E-state index < -0.39 is 0 Å². The molecule has 1 aliphatic carbocycles. The molecule has 7 heteroatoms. The predicted molar refractivity (Wildman–Crippen MR) is 94.3 cm³/mol. The molecule has 1 aromatic heterocycles. The summed E-state index contributed by atoms with van der Waals surface area (Å²) >= 11 is 0. The SMILES string of the molecule is COc1ccc(CCNc2cnc(C(=O)NC3CC3)cn2)cc1OC. The van der Waals surface area contributed by atoms with Crippen molar-refractivity contribution in [2.24, 2.45) is 0 Å². The van der Waals surface area contributed by atoms with Gasteiger partial charge in [0.25, 0.3) is 5.91 Å². The van der Waals surface area contributed by atoms with Gasteiger partial charge in [0.15, 0.2) is 11.5 Å². The second-order valence-electron chi connectivity index (χ2n) is 5.90. The van der Waals surface area contributed by atoms with Crippen molar-refractivity contribution in [3.8, 4) is 11.5 Å². The Bertz CT molecular complexity index is 730. The van der Waals surface area contributed by atoms with Crippen molar-refractivity contribution in [1.82, 2.24) is 15.3 Å². The molecule has 1 aromatic carbocycles. The van der Waals surface area contributed by atoms with E-state index >= 15 is 0 Å². The van der Waals surface area contributed by atoms with Gasteiger partial charge in [0.05, 0.1) is 26.6 Å². The van der Waals surface area contributed by atoms with Gasteiger partial charge in [0.2, 0.25) is 0 Å². The third-order valence-corrected chi connectivity index (χ3v) is 3.96. The smallest absolute Gasteiger partial charge is 0.271 e. The predicted octanol–water partition coefficient (Wildman–Crippen LogP) is 2.04. The third kappa shape index (κ3) is 4.59. The summed E-state index contributed by atoms with van der Waals surface area (Å²) in [6, 6.07) is 6.16. The van der Waals surface area contributed by atoms with Crippen molar-refractivity contribution in [3.63, 3.8) is 0 Å². The molecular weight excluding hydrogens is 320 g/mol. The number of hydrogen-bond acceptors (Lipinski definition) is 6. The monoisotopic (exact) mass is 342 g/mol. The second kappa shape index (κ2) is 7.83. The van der Waals surface area contributed by atoms with Gasteiger partial charge in [-0.3, -0.25) is 4.79 Å². The van der Waals surface area contributed by atoms with Crippen molar-refractivity contribution >= 4 is 11.7 Å². The quantitative estimate of drug-likeness (QED) is 0.764. The number of benzene rings is 1. The minimum atomic E-state index is -0.160. The highest BCUT2D eigenvalue weighted by atomic mass is 16.5. The first-order chi connectivity index (χ1) is 12.2. The minimum Gasteiger partial charge on any atom is -0.493 e. The molecule has 1 heterocycles. The summed E-state index contributed by atoms with van der Waals surface area (Å²) in [7, 11) is 3.24. The number of nitrogens with zero attached hydrogens (tertiary/aromatic N) is 2. The maximum absolute atomic E-state index is 11.9. The molecule has 7 nitrogen and oxygen atoms in total. The molecule has 0 unspecified atom stereocenters. The van der Waals surface area contributed by atoms with Crippen LogP contribution in [0.3, 0.4) is 0 Å². The summed E-state index contributed by atoms with van der Waals surface area (Å²) in [5.41, 5.74) is 1.47. The molecule has 1 fully saturated rings. The topological polar surface area (TPSA) is 85.4 Å². The van der Waals surface area contributed by atoms with E-state index in [4.69, 9.17) is 9.47 Å². The Kier molecular flexibility index (Phi) is 5.33. The number of nitrogens with one attached hydrogen (secondary N) is 2.